The Labute approximate surface area is 172 Å². The molecule has 2 aromatic heterocycles. The third-order valence-electron chi connectivity index (χ3n) is 5.03. The summed E-state index contributed by atoms with van der Waals surface area (Å²) in [6, 6.07) is 9.01. The Balaban J connectivity index is 1.60. The van der Waals surface area contributed by atoms with Gasteiger partial charge in [0.15, 0.2) is 15.5 Å². The van der Waals surface area contributed by atoms with Crippen molar-refractivity contribution in [3.8, 4) is 0 Å². The van der Waals surface area contributed by atoms with Crippen molar-refractivity contribution < 1.29 is 8.42 Å². The molecule has 1 aliphatic heterocycles. The van der Waals surface area contributed by atoms with Gasteiger partial charge >= 0.3 is 0 Å². The summed E-state index contributed by atoms with van der Waals surface area (Å²) in [7, 11) is -3.18. The first-order chi connectivity index (χ1) is 13.4. The fourth-order valence-corrected chi connectivity index (χ4v) is 4.43. The fraction of sp³-hybridized carbons (Fsp3) is 0.368. The van der Waals surface area contributed by atoms with E-state index in [9.17, 15) is 8.42 Å². The van der Waals surface area contributed by atoms with Crippen molar-refractivity contribution in [2.24, 2.45) is 0 Å². The standard InChI is InChI=1S/C19H22BrN5O2S/c1-28(26,27)15-4-2-13(3-5-15)11-22-18-10-17(14-6-8-21-9-7-14)24-19-16(20)12-23-25(18)19/h2-5,10,12,14,21-22H,6-9,11H2,1H3. The van der Waals surface area contributed by atoms with Gasteiger partial charge in [0.25, 0.3) is 0 Å². The molecule has 0 radical (unpaired) electrons. The zero-order valence-electron chi connectivity index (χ0n) is 15.5. The number of rotatable bonds is 5. The Morgan fingerprint density at radius 2 is 1.96 bits per heavy atom. The van der Waals surface area contributed by atoms with E-state index in [1.807, 2.05) is 12.1 Å². The molecule has 1 saturated heterocycles. The van der Waals surface area contributed by atoms with E-state index in [0.717, 1.165) is 53.1 Å². The van der Waals surface area contributed by atoms with Crippen LogP contribution in [-0.4, -0.2) is 42.4 Å². The summed E-state index contributed by atoms with van der Waals surface area (Å²) in [6.07, 6.45) is 5.11. The highest BCUT2D eigenvalue weighted by molar-refractivity contribution is 9.10. The van der Waals surface area contributed by atoms with Gasteiger partial charge in [-0.1, -0.05) is 12.1 Å². The number of piperidine rings is 1. The maximum absolute atomic E-state index is 11.6. The molecule has 0 spiro atoms. The van der Waals surface area contributed by atoms with Crippen molar-refractivity contribution in [1.29, 1.82) is 0 Å². The molecule has 7 nitrogen and oxygen atoms in total. The van der Waals surface area contributed by atoms with Crippen molar-refractivity contribution in [3.05, 3.63) is 52.3 Å². The van der Waals surface area contributed by atoms with Crippen LogP contribution in [0.2, 0.25) is 0 Å². The number of sulfone groups is 1. The number of hydrogen-bond acceptors (Lipinski definition) is 6. The lowest BCUT2D eigenvalue weighted by Gasteiger charge is -2.23. The van der Waals surface area contributed by atoms with Crippen LogP contribution >= 0.6 is 15.9 Å². The second-order valence-corrected chi connectivity index (χ2v) is 9.96. The van der Waals surface area contributed by atoms with Crippen LogP contribution in [-0.2, 0) is 16.4 Å². The third kappa shape index (κ3) is 4.06. The van der Waals surface area contributed by atoms with Gasteiger partial charge in [-0.3, -0.25) is 0 Å². The van der Waals surface area contributed by atoms with Crippen LogP contribution in [0.5, 0.6) is 0 Å². The Kier molecular flexibility index (Phi) is 5.39. The van der Waals surface area contributed by atoms with Crippen molar-refractivity contribution in [3.63, 3.8) is 0 Å². The first kappa shape index (κ1) is 19.4. The second kappa shape index (κ2) is 7.81. The molecule has 1 aliphatic rings. The molecule has 2 N–H and O–H groups in total. The first-order valence-electron chi connectivity index (χ1n) is 9.19. The second-order valence-electron chi connectivity index (χ2n) is 7.09. The topological polar surface area (TPSA) is 88.4 Å². The molecule has 1 aromatic carbocycles. The lowest BCUT2D eigenvalue weighted by molar-refractivity contribution is 0.453. The van der Waals surface area contributed by atoms with Gasteiger partial charge in [-0.05, 0) is 59.6 Å². The maximum atomic E-state index is 11.6. The zero-order valence-corrected chi connectivity index (χ0v) is 17.9. The molecule has 28 heavy (non-hydrogen) atoms. The smallest absolute Gasteiger partial charge is 0.175 e. The lowest BCUT2D eigenvalue weighted by Crippen LogP contribution is -2.27. The molecule has 4 rings (SSSR count). The highest BCUT2D eigenvalue weighted by atomic mass is 79.9. The van der Waals surface area contributed by atoms with E-state index >= 15 is 0 Å². The third-order valence-corrected chi connectivity index (χ3v) is 6.72. The number of benzene rings is 1. The molecular weight excluding hydrogens is 442 g/mol. The van der Waals surface area contributed by atoms with Crippen molar-refractivity contribution >= 4 is 37.2 Å². The summed E-state index contributed by atoms with van der Waals surface area (Å²) in [5.41, 5.74) is 2.86. The van der Waals surface area contributed by atoms with Crippen LogP contribution < -0.4 is 10.6 Å². The average Bonchev–Trinajstić information content (AvgIpc) is 3.07. The van der Waals surface area contributed by atoms with Gasteiger partial charge < -0.3 is 10.6 Å². The molecule has 0 saturated carbocycles. The largest absolute Gasteiger partial charge is 0.366 e. The number of nitrogens with zero attached hydrogens (tertiary/aromatic N) is 3. The Morgan fingerprint density at radius 1 is 1.25 bits per heavy atom. The average molecular weight is 464 g/mol. The van der Waals surface area contributed by atoms with Crippen LogP contribution in [0, 0.1) is 0 Å². The number of halogens is 1. The molecule has 9 heteroatoms. The minimum Gasteiger partial charge on any atom is -0.366 e. The molecule has 3 heterocycles. The van der Waals surface area contributed by atoms with Crippen molar-refractivity contribution in [2.45, 2.75) is 30.2 Å². The van der Waals surface area contributed by atoms with Gasteiger partial charge in [0.05, 0.1) is 15.6 Å². The summed E-state index contributed by atoms with van der Waals surface area (Å²) >= 11 is 3.54. The monoisotopic (exact) mass is 463 g/mol. The zero-order chi connectivity index (χ0) is 19.7. The molecule has 0 amide bonds. The van der Waals surface area contributed by atoms with Gasteiger partial charge in [-0.15, -0.1) is 0 Å². The predicted octanol–water partition coefficient (Wildman–Crippen LogP) is 2.97. The summed E-state index contributed by atoms with van der Waals surface area (Å²) in [4.78, 5) is 5.16. The number of anilines is 1. The summed E-state index contributed by atoms with van der Waals surface area (Å²) in [5.74, 6) is 1.30. The van der Waals surface area contributed by atoms with Crippen LogP contribution in [0.15, 0.2) is 45.9 Å². The highest BCUT2D eigenvalue weighted by Gasteiger charge is 2.19. The van der Waals surface area contributed by atoms with Gasteiger partial charge in [0, 0.05) is 30.5 Å². The fourth-order valence-electron chi connectivity index (χ4n) is 3.45. The first-order valence-corrected chi connectivity index (χ1v) is 11.9. The van der Waals surface area contributed by atoms with E-state index in [-0.39, 0.29) is 0 Å². The minimum atomic E-state index is -3.18. The van der Waals surface area contributed by atoms with E-state index < -0.39 is 9.84 Å². The normalized spacial score (nSPS) is 15.8. The highest BCUT2D eigenvalue weighted by Crippen LogP contribution is 2.28. The number of fused-ring (bicyclic) bond motifs is 1. The Bertz CT molecular complexity index is 1090. The number of aromatic nitrogens is 3. The molecular formula is C19H22BrN5O2S. The number of hydrogen-bond donors (Lipinski definition) is 2. The molecule has 148 valence electrons. The summed E-state index contributed by atoms with van der Waals surface area (Å²) in [5, 5.41) is 11.2. The Hall–Kier alpha value is -1.97. The molecule has 0 bridgehead atoms. The SMILES string of the molecule is CS(=O)(=O)c1ccc(CNc2cc(C3CCNCC3)nc3c(Br)cnn23)cc1. The quantitative estimate of drug-likeness (QED) is 0.604. The van der Waals surface area contributed by atoms with Crippen molar-refractivity contribution in [1.82, 2.24) is 19.9 Å². The van der Waals surface area contributed by atoms with Crippen LogP contribution in [0.4, 0.5) is 5.82 Å². The van der Waals surface area contributed by atoms with E-state index in [4.69, 9.17) is 4.98 Å². The van der Waals surface area contributed by atoms with Crippen LogP contribution in [0.1, 0.15) is 30.0 Å². The van der Waals surface area contributed by atoms with Gasteiger partial charge in [-0.2, -0.15) is 9.61 Å². The summed E-state index contributed by atoms with van der Waals surface area (Å²) in [6.45, 7) is 2.58. The van der Waals surface area contributed by atoms with Gasteiger partial charge in [0.1, 0.15) is 5.82 Å². The number of nitrogens with one attached hydrogen (secondary N) is 2. The van der Waals surface area contributed by atoms with Crippen molar-refractivity contribution in [2.75, 3.05) is 24.7 Å². The molecule has 3 aromatic rings. The minimum absolute atomic E-state index is 0.326. The Morgan fingerprint density at radius 3 is 2.64 bits per heavy atom. The van der Waals surface area contributed by atoms with E-state index in [1.54, 1.807) is 22.8 Å². The lowest BCUT2D eigenvalue weighted by atomic mass is 9.94. The maximum Gasteiger partial charge on any atom is 0.175 e. The van der Waals surface area contributed by atoms with E-state index in [1.165, 1.54) is 6.26 Å². The van der Waals surface area contributed by atoms with Gasteiger partial charge in [-0.25, -0.2) is 13.4 Å². The molecule has 1 fully saturated rings. The van der Waals surface area contributed by atoms with Crippen LogP contribution in [0.25, 0.3) is 5.65 Å². The summed E-state index contributed by atoms with van der Waals surface area (Å²) < 4.78 is 25.9. The molecule has 0 atom stereocenters. The van der Waals surface area contributed by atoms with Crippen LogP contribution in [0.3, 0.4) is 0 Å². The molecule has 0 aliphatic carbocycles. The van der Waals surface area contributed by atoms with E-state index in [0.29, 0.717) is 17.4 Å². The van der Waals surface area contributed by atoms with E-state index in [2.05, 4.69) is 37.7 Å². The predicted molar refractivity (Wildman–Crippen MR) is 112 cm³/mol. The molecule has 0 unspecified atom stereocenters. The van der Waals surface area contributed by atoms with Gasteiger partial charge in [0.2, 0.25) is 0 Å².